The summed E-state index contributed by atoms with van der Waals surface area (Å²) in [5, 5.41) is 0. The molecule has 0 bridgehead atoms. The van der Waals surface area contributed by atoms with Crippen LogP contribution in [0.15, 0.2) is 0 Å². The van der Waals surface area contributed by atoms with Crippen LogP contribution in [-0.2, 0) is 0 Å². The molecule has 0 aromatic heterocycles. The van der Waals surface area contributed by atoms with Crippen molar-refractivity contribution in [3.05, 3.63) is 0 Å². The summed E-state index contributed by atoms with van der Waals surface area (Å²) in [5.74, 6) is 0.810. The molecular formula is C9H18N2S. The van der Waals surface area contributed by atoms with Crippen LogP contribution in [0.25, 0.3) is 0 Å². The lowest BCUT2D eigenvalue weighted by atomic mass is 10.1. The summed E-state index contributed by atoms with van der Waals surface area (Å²) in [6.07, 6.45) is 2.52. The van der Waals surface area contributed by atoms with E-state index in [2.05, 4.69) is 18.7 Å². The molecule has 1 aliphatic heterocycles. The maximum atomic E-state index is 5.52. The van der Waals surface area contributed by atoms with Gasteiger partial charge in [0.15, 0.2) is 0 Å². The Bertz CT molecular complexity index is 170. The van der Waals surface area contributed by atoms with E-state index in [0.717, 1.165) is 19.0 Å². The fourth-order valence-corrected chi connectivity index (χ4v) is 2.22. The van der Waals surface area contributed by atoms with Gasteiger partial charge in [-0.05, 0) is 18.8 Å². The van der Waals surface area contributed by atoms with E-state index in [1.165, 1.54) is 12.8 Å². The Morgan fingerprint density at radius 2 is 2.33 bits per heavy atom. The van der Waals surface area contributed by atoms with Crippen LogP contribution in [0.4, 0.5) is 0 Å². The number of thiocarbonyl (C=S) groups is 1. The SMILES string of the molecule is CCC1CC(C)CN1CC(N)=S. The Hall–Kier alpha value is -0.150. The topological polar surface area (TPSA) is 29.3 Å². The maximum absolute atomic E-state index is 5.52. The van der Waals surface area contributed by atoms with Gasteiger partial charge >= 0.3 is 0 Å². The van der Waals surface area contributed by atoms with Crippen molar-refractivity contribution >= 4 is 17.2 Å². The fourth-order valence-electron chi connectivity index (χ4n) is 2.06. The van der Waals surface area contributed by atoms with Gasteiger partial charge in [0.2, 0.25) is 0 Å². The van der Waals surface area contributed by atoms with Gasteiger partial charge in [-0.3, -0.25) is 4.90 Å². The third-order valence-corrected chi connectivity index (χ3v) is 2.70. The highest BCUT2D eigenvalue weighted by Gasteiger charge is 2.27. The van der Waals surface area contributed by atoms with Gasteiger partial charge in [0.25, 0.3) is 0 Å². The smallest absolute Gasteiger partial charge is 0.0870 e. The second kappa shape index (κ2) is 4.19. The van der Waals surface area contributed by atoms with Gasteiger partial charge in [0.1, 0.15) is 0 Å². The van der Waals surface area contributed by atoms with Crippen LogP contribution in [0.3, 0.4) is 0 Å². The first-order valence-electron chi connectivity index (χ1n) is 4.65. The monoisotopic (exact) mass is 186 g/mol. The van der Waals surface area contributed by atoms with Crippen molar-refractivity contribution < 1.29 is 0 Å². The Balaban J connectivity index is 2.46. The van der Waals surface area contributed by atoms with Crippen LogP contribution < -0.4 is 5.73 Å². The lowest BCUT2D eigenvalue weighted by molar-refractivity contribution is 0.281. The summed E-state index contributed by atoms with van der Waals surface area (Å²) in [6.45, 7) is 6.49. The van der Waals surface area contributed by atoms with Crippen LogP contribution >= 0.6 is 12.2 Å². The molecule has 0 aromatic rings. The highest BCUT2D eigenvalue weighted by molar-refractivity contribution is 7.80. The fraction of sp³-hybridized carbons (Fsp3) is 0.889. The van der Waals surface area contributed by atoms with E-state index < -0.39 is 0 Å². The van der Waals surface area contributed by atoms with E-state index in [1.807, 2.05) is 0 Å². The molecule has 1 fully saturated rings. The number of hydrogen-bond acceptors (Lipinski definition) is 2. The summed E-state index contributed by atoms with van der Waals surface area (Å²) in [4.78, 5) is 3.04. The van der Waals surface area contributed by atoms with Gasteiger partial charge in [-0.1, -0.05) is 26.1 Å². The zero-order valence-corrected chi connectivity index (χ0v) is 8.73. The van der Waals surface area contributed by atoms with E-state index in [1.54, 1.807) is 0 Å². The summed E-state index contributed by atoms with van der Waals surface area (Å²) in [5.41, 5.74) is 5.52. The molecule has 0 amide bonds. The average Bonchev–Trinajstić information content (AvgIpc) is 2.29. The Morgan fingerprint density at radius 3 is 2.83 bits per heavy atom. The minimum atomic E-state index is 0.627. The molecule has 3 heteroatoms. The lowest BCUT2D eigenvalue weighted by Gasteiger charge is -2.22. The van der Waals surface area contributed by atoms with Gasteiger partial charge < -0.3 is 5.73 Å². The highest BCUT2D eigenvalue weighted by Crippen LogP contribution is 2.24. The standard InChI is InChI=1S/C9H18N2S/c1-3-8-4-7(2)5-11(8)6-9(10)12/h7-8H,3-6H2,1-2H3,(H2,10,12). The van der Waals surface area contributed by atoms with Crippen molar-refractivity contribution in [3.63, 3.8) is 0 Å². The van der Waals surface area contributed by atoms with Crippen LogP contribution in [0.1, 0.15) is 26.7 Å². The molecule has 1 heterocycles. The molecule has 0 aromatic carbocycles. The predicted molar refractivity (Wildman–Crippen MR) is 56.2 cm³/mol. The van der Waals surface area contributed by atoms with Crippen molar-refractivity contribution in [2.75, 3.05) is 13.1 Å². The molecule has 1 aliphatic rings. The molecule has 1 saturated heterocycles. The van der Waals surface area contributed by atoms with E-state index >= 15 is 0 Å². The van der Waals surface area contributed by atoms with Gasteiger partial charge in [0, 0.05) is 19.1 Å². The number of nitrogens with zero attached hydrogens (tertiary/aromatic N) is 1. The second-order valence-electron chi connectivity index (χ2n) is 3.80. The number of hydrogen-bond donors (Lipinski definition) is 1. The van der Waals surface area contributed by atoms with E-state index in [4.69, 9.17) is 18.0 Å². The molecule has 0 spiro atoms. The van der Waals surface area contributed by atoms with Crippen molar-refractivity contribution in [3.8, 4) is 0 Å². The molecule has 2 atom stereocenters. The summed E-state index contributed by atoms with van der Waals surface area (Å²) >= 11 is 4.91. The molecule has 70 valence electrons. The molecule has 2 N–H and O–H groups in total. The number of likely N-dealkylation sites (tertiary alicyclic amines) is 1. The normalized spacial score (nSPS) is 30.8. The van der Waals surface area contributed by atoms with Crippen molar-refractivity contribution in [1.82, 2.24) is 4.90 Å². The first-order chi connectivity index (χ1) is 5.63. The van der Waals surface area contributed by atoms with E-state index in [-0.39, 0.29) is 0 Å². The van der Waals surface area contributed by atoms with Gasteiger partial charge in [-0.15, -0.1) is 0 Å². The molecule has 2 unspecified atom stereocenters. The number of nitrogens with two attached hydrogens (primary N) is 1. The largest absolute Gasteiger partial charge is 0.392 e. The lowest BCUT2D eigenvalue weighted by Crippen LogP contribution is -2.36. The van der Waals surface area contributed by atoms with Crippen molar-refractivity contribution in [2.24, 2.45) is 11.7 Å². The van der Waals surface area contributed by atoms with Crippen LogP contribution in [0, 0.1) is 5.92 Å². The molecule has 12 heavy (non-hydrogen) atoms. The third-order valence-electron chi connectivity index (χ3n) is 2.57. The molecular weight excluding hydrogens is 168 g/mol. The average molecular weight is 186 g/mol. The van der Waals surface area contributed by atoms with E-state index in [9.17, 15) is 0 Å². The minimum absolute atomic E-state index is 0.627. The highest BCUT2D eigenvalue weighted by atomic mass is 32.1. The Labute approximate surface area is 80.1 Å². The molecule has 0 radical (unpaired) electrons. The first kappa shape index (κ1) is 9.93. The zero-order chi connectivity index (χ0) is 9.14. The zero-order valence-electron chi connectivity index (χ0n) is 7.92. The van der Waals surface area contributed by atoms with Gasteiger partial charge in [-0.25, -0.2) is 0 Å². The minimum Gasteiger partial charge on any atom is -0.392 e. The second-order valence-corrected chi connectivity index (χ2v) is 4.32. The quantitative estimate of drug-likeness (QED) is 0.675. The molecule has 0 saturated carbocycles. The van der Waals surface area contributed by atoms with Gasteiger partial charge in [-0.2, -0.15) is 0 Å². The molecule has 1 rings (SSSR count). The summed E-state index contributed by atoms with van der Waals surface area (Å²) in [7, 11) is 0. The summed E-state index contributed by atoms with van der Waals surface area (Å²) < 4.78 is 0. The van der Waals surface area contributed by atoms with Crippen molar-refractivity contribution in [2.45, 2.75) is 32.7 Å². The predicted octanol–water partition coefficient (Wildman–Crippen LogP) is 1.39. The maximum Gasteiger partial charge on any atom is 0.0870 e. The van der Waals surface area contributed by atoms with Gasteiger partial charge in [0.05, 0.1) is 4.99 Å². The number of rotatable bonds is 3. The van der Waals surface area contributed by atoms with Crippen LogP contribution in [-0.4, -0.2) is 29.0 Å². The molecule has 0 aliphatic carbocycles. The Kier molecular flexibility index (Phi) is 3.47. The van der Waals surface area contributed by atoms with Crippen LogP contribution in [0.5, 0.6) is 0 Å². The van der Waals surface area contributed by atoms with E-state index in [0.29, 0.717) is 11.0 Å². The van der Waals surface area contributed by atoms with Crippen molar-refractivity contribution in [1.29, 1.82) is 0 Å². The third kappa shape index (κ3) is 2.42. The Morgan fingerprint density at radius 1 is 1.67 bits per heavy atom. The van der Waals surface area contributed by atoms with Crippen LogP contribution in [0.2, 0.25) is 0 Å². The first-order valence-corrected chi connectivity index (χ1v) is 5.06. The molecule has 2 nitrogen and oxygen atoms in total. The summed E-state index contributed by atoms with van der Waals surface area (Å²) in [6, 6.07) is 0.710.